The van der Waals surface area contributed by atoms with Gasteiger partial charge in [0.05, 0.1) is 0 Å². The predicted octanol–water partition coefficient (Wildman–Crippen LogP) is 0.756. The molecule has 1 aromatic heterocycles. The third-order valence-corrected chi connectivity index (χ3v) is 3.33. The van der Waals surface area contributed by atoms with Gasteiger partial charge in [-0.25, -0.2) is 9.59 Å². The summed E-state index contributed by atoms with van der Waals surface area (Å²) in [6.45, 7) is 0.781. The molecule has 0 unspecified atom stereocenters. The summed E-state index contributed by atoms with van der Waals surface area (Å²) in [6, 6.07) is 8.82. The average molecular weight is 300 g/mol. The second kappa shape index (κ2) is 5.47. The Hall–Kier alpha value is -2.90. The van der Waals surface area contributed by atoms with E-state index in [-0.39, 0.29) is 12.0 Å². The van der Waals surface area contributed by atoms with Crippen molar-refractivity contribution >= 4 is 23.6 Å². The number of nitrogens with zero attached hydrogens (tertiary/aromatic N) is 5. The second-order valence-electron chi connectivity index (χ2n) is 5.10. The number of rotatable bonds is 2. The Morgan fingerprint density at radius 3 is 2.59 bits per heavy atom. The first-order valence-electron chi connectivity index (χ1n) is 6.86. The van der Waals surface area contributed by atoms with E-state index in [4.69, 9.17) is 0 Å². The number of para-hydroxylation sites is 1. The van der Waals surface area contributed by atoms with E-state index >= 15 is 0 Å². The highest BCUT2D eigenvalue weighted by molar-refractivity contribution is 6.01. The SMILES string of the molecule is CN(C)c1nc2n(c(=O)n1)CCN2C(=O)Nc1ccccc1. The van der Waals surface area contributed by atoms with Crippen LogP contribution in [0.2, 0.25) is 0 Å². The summed E-state index contributed by atoms with van der Waals surface area (Å²) in [5.41, 5.74) is 0.291. The highest BCUT2D eigenvalue weighted by Crippen LogP contribution is 2.19. The van der Waals surface area contributed by atoms with Gasteiger partial charge in [-0.05, 0) is 12.1 Å². The molecule has 1 N–H and O–H groups in total. The van der Waals surface area contributed by atoms with Crippen LogP contribution in [-0.4, -0.2) is 41.2 Å². The van der Waals surface area contributed by atoms with Crippen molar-refractivity contribution in [2.45, 2.75) is 6.54 Å². The van der Waals surface area contributed by atoms with Crippen LogP contribution in [0.3, 0.4) is 0 Å². The summed E-state index contributed by atoms with van der Waals surface area (Å²) in [5, 5.41) is 2.79. The van der Waals surface area contributed by atoms with Gasteiger partial charge < -0.3 is 10.2 Å². The number of anilines is 3. The van der Waals surface area contributed by atoms with Crippen molar-refractivity contribution in [3.8, 4) is 0 Å². The molecule has 0 atom stereocenters. The van der Waals surface area contributed by atoms with E-state index in [1.54, 1.807) is 31.1 Å². The van der Waals surface area contributed by atoms with Crippen LogP contribution >= 0.6 is 0 Å². The molecule has 2 amide bonds. The number of amides is 2. The molecule has 1 aliphatic heterocycles. The Labute approximate surface area is 127 Å². The molecule has 2 heterocycles. The molecule has 0 saturated carbocycles. The van der Waals surface area contributed by atoms with E-state index < -0.39 is 5.69 Å². The number of aromatic nitrogens is 3. The summed E-state index contributed by atoms with van der Waals surface area (Å²) < 4.78 is 1.40. The largest absolute Gasteiger partial charge is 0.353 e. The molecule has 1 aliphatic rings. The van der Waals surface area contributed by atoms with Gasteiger partial charge in [0.1, 0.15) is 0 Å². The number of hydrogen-bond acceptors (Lipinski definition) is 5. The molecule has 114 valence electrons. The van der Waals surface area contributed by atoms with Crippen LogP contribution in [0.25, 0.3) is 0 Å². The zero-order valence-electron chi connectivity index (χ0n) is 12.4. The molecule has 0 fully saturated rings. The summed E-state index contributed by atoms with van der Waals surface area (Å²) in [5.74, 6) is 0.604. The van der Waals surface area contributed by atoms with Crippen molar-refractivity contribution in [3.05, 3.63) is 40.8 Å². The van der Waals surface area contributed by atoms with Crippen molar-refractivity contribution < 1.29 is 4.79 Å². The maximum absolute atomic E-state index is 12.4. The normalized spacial score (nSPS) is 12.9. The first kappa shape index (κ1) is 14.1. The number of nitrogens with one attached hydrogen (secondary N) is 1. The molecule has 1 aromatic carbocycles. The lowest BCUT2D eigenvalue weighted by molar-refractivity contribution is 0.257. The van der Waals surface area contributed by atoms with Crippen molar-refractivity contribution in [2.75, 3.05) is 35.8 Å². The first-order chi connectivity index (χ1) is 10.6. The lowest BCUT2D eigenvalue weighted by Gasteiger charge is -2.17. The quantitative estimate of drug-likeness (QED) is 0.885. The van der Waals surface area contributed by atoms with E-state index in [0.717, 1.165) is 0 Å². The van der Waals surface area contributed by atoms with Crippen LogP contribution in [0.15, 0.2) is 35.1 Å². The van der Waals surface area contributed by atoms with Gasteiger partial charge in [-0.1, -0.05) is 18.2 Å². The van der Waals surface area contributed by atoms with Crippen LogP contribution in [0.5, 0.6) is 0 Å². The zero-order valence-corrected chi connectivity index (χ0v) is 12.4. The molecular formula is C14H16N6O2. The number of fused-ring (bicyclic) bond motifs is 1. The number of carbonyl (C=O) groups excluding carboxylic acids is 1. The molecule has 22 heavy (non-hydrogen) atoms. The van der Waals surface area contributed by atoms with Gasteiger partial charge in [0.25, 0.3) is 0 Å². The minimum Gasteiger partial charge on any atom is -0.347 e. The van der Waals surface area contributed by atoms with Gasteiger partial charge in [-0.15, -0.1) is 0 Å². The molecule has 0 spiro atoms. The van der Waals surface area contributed by atoms with E-state index in [2.05, 4.69) is 15.3 Å². The van der Waals surface area contributed by atoms with Gasteiger partial charge in [-0.3, -0.25) is 9.47 Å². The number of urea groups is 1. The van der Waals surface area contributed by atoms with Crippen LogP contribution < -0.4 is 20.8 Å². The molecule has 0 aliphatic carbocycles. The van der Waals surface area contributed by atoms with E-state index in [9.17, 15) is 9.59 Å². The lowest BCUT2D eigenvalue weighted by atomic mass is 10.3. The monoisotopic (exact) mass is 300 g/mol. The number of benzene rings is 1. The molecule has 8 nitrogen and oxygen atoms in total. The summed E-state index contributed by atoms with van der Waals surface area (Å²) in [6.07, 6.45) is 0. The highest BCUT2D eigenvalue weighted by atomic mass is 16.2. The van der Waals surface area contributed by atoms with Crippen molar-refractivity contribution in [1.29, 1.82) is 0 Å². The third kappa shape index (κ3) is 2.50. The first-order valence-corrected chi connectivity index (χ1v) is 6.86. The van der Waals surface area contributed by atoms with Gasteiger partial charge >= 0.3 is 11.7 Å². The Kier molecular flexibility index (Phi) is 3.50. The van der Waals surface area contributed by atoms with Crippen LogP contribution in [-0.2, 0) is 6.54 Å². The van der Waals surface area contributed by atoms with E-state index in [0.29, 0.717) is 24.7 Å². The summed E-state index contributed by atoms with van der Waals surface area (Å²) >= 11 is 0. The van der Waals surface area contributed by atoms with Crippen molar-refractivity contribution in [3.63, 3.8) is 0 Å². The van der Waals surface area contributed by atoms with Crippen LogP contribution in [0, 0.1) is 0 Å². The minimum absolute atomic E-state index is 0.288. The minimum atomic E-state index is -0.399. The lowest BCUT2D eigenvalue weighted by Crippen LogP contribution is -2.35. The van der Waals surface area contributed by atoms with Gasteiger partial charge in [0, 0.05) is 32.9 Å². The van der Waals surface area contributed by atoms with Crippen molar-refractivity contribution in [2.24, 2.45) is 0 Å². The zero-order chi connectivity index (χ0) is 15.7. The molecular weight excluding hydrogens is 284 g/mol. The Morgan fingerprint density at radius 2 is 1.91 bits per heavy atom. The van der Waals surface area contributed by atoms with Gasteiger partial charge in [0.2, 0.25) is 11.9 Å². The van der Waals surface area contributed by atoms with Crippen LogP contribution in [0.1, 0.15) is 0 Å². The Morgan fingerprint density at radius 1 is 1.18 bits per heavy atom. The molecule has 0 bridgehead atoms. The van der Waals surface area contributed by atoms with E-state index in [1.165, 1.54) is 9.47 Å². The molecule has 2 aromatic rings. The topological polar surface area (TPSA) is 83.4 Å². The summed E-state index contributed by atoms with van der Waals surface area (Å²) in [7, 11) is 3.49. The second-order valence-corrected chi connectivity index (χ2v) is 5.10. The fraction of sp³-hybridized carbons (Fsp3) is 0.286. The standard InChI is InChI=1S/C14H16N6O2/c1-18(2)11-16-12-19(8-9-20(12)14(22)17-11)13(21)15-10-6-4-3-5-7-10/h3-7H,8-9H2,1-2H3,(H,15,21). The average Bonchev–Trinajstić information content (AvgIpc) is 2.92. The fourth-order valence-corrected chi connectivity index (χ4v) is 2.21. The molecule has 8 heteroatoms. The fourth-order valence-electron chi connectivity index (χ4n) is 2.21. The number of carbonyl (C=O) groups is 1. The summed E-state index contributed by atoms with van der Waals surface area (Å²) in [4.78, 5) is 35.7. The maximum atomic E-state index is 12.4. The van der Waals surface area contributed by atoms with Crippen molar-refractivity contribution in [1.82, 2.24) is 14.5 Å². The number of hydrogen-bond donors (Lipinski definition) is 1. The molecule has 3 rings (SSSR count). The van der Waals surface area contributed by atoms with Gasteiger partial charge in [0.15, 0.2) is 0 Å². The Bertz CT molecular complexity index is 756. The molecule has 0 radical (unpaired) electrons. The van der Waals surface area contributed by atoms with E-state index in [1.807, 2.05) is 18.2 Å². The van der Waals surface area contributed by atoms with Gasteiger partial charge in [-0.2, -0.15) is 9.97 Å². The highest BCUT2D eigenvalue weighted by Gasteiger charge is 2.28. The predicted molar refractivity (Wildman–Crippen MR) is 83.4 cm³/mol. The third-order valence-electron chi connectivity index (χ3n) is 3.33. The maximum Gasteiger partial charge on any atom is 0.353 e. The smallest absolute Gasteiger partial charge is 0.347 e. The Balaban J connectivity index is 1.90. The molecule has 0 saturated heterocycles. The van der Waals surface area contributed by atoms with Crippen LogP contribution in [0.4, 0.5) is 22.4 Å².